The second-order valence-corrected chi connectivity index (χ2v) is 6.87. The van der Waals surface area contributed by atoms with E-state index in [2.05, 4.69) is 12.2 Å². The van der Waals surface area contributed by atoms with Gasteiger partial charge in [-0.25, -0.2) is 0 Å². The highest BCUT2D eigenvalue weighted by Crippen LogP contribution is 2.29. The second kappa shape index (κ2) is 11.6. The Bertz CT molecular complexity index is 575. The molecule has 1 aliphatic rings. The first-order chi connectivity index (χ1) is 12.7. The van der Waals surface area contributed by atoms with Crippen molar-refractivity contribution in [1.29, 1.82) is 0 Å². The lowest BCUT2D eigenvalue weighted by Gasteiger charge is -2.14. The van der Waals surface area contributed by atoms with Crippen molar-refractivity contribution in [2.45, 2.75) is 71.3 Å². The van der Waals surface area contributed by atoms with Crippen molar-refractivity contribution in [1.82, 2.24) is 5.32 Å². The average Bonchev–Trinajstić information content (AvgIpc) is 2.90. The summed E-state index contributed by atoms with van der Waals surface area (Å²) in [5.41, 5.74) is 0.937. The van der Waals surface area contributed by atoms with Crippen molar-refractivity contribution in [3.8, 4) is 11.5 Å². The smallest absolute Gasteiger partial charge is 0.244 e. The van der Waals surface area contributed by atoms with Gasteiger partial charge in [0.25, 0.3) is 0 Å². The van der Waals surface area contributed by atoms with Crippen LogP contribution in [0.25, 0.3) is 6.08 Å². The molecular formula is C22H33NO3. The molecule has 1 saturated carbocycles. The zero-order valence-electron chi connectivity index (χ0n) is 16.3. The Kier molecular flexibility index (Phi) is 9.08. The predicted octanol–water partition coefficient (Wildman–Crippen LogP) is 5.12. The lowest BCUT2D eigenvalue weighted by Crippen LogP contribution is -2.33. The number of ether oxygens (including phenoxy) is 2. The maximum absolute atomic E-state index is 12.2. The van der Waals surface area contributed by atoms with Crippen molar-refractivity contribution in [2.24, 2.45) is 0 Å². The molecule has 2 rings (SSSR count). The third-order valence-electron chi connectivity index (χ3n) is 4.65. The van der Waals surface area contributed by atoms with Crippen LogP contribution in [0.15, 0.2) is 24.3 Å². The van der Waals surface area contributed by atoms with Crippen LogP contribution in [-0.4, -0.2) is 25.2 Å². The number of carbonyl (C=O) groups excluding carboxylic acids is 1. The van der Waals surface area contributed by atoms with Crippen LogP contribution in [0.5, 0.6) is 11.5 Å². The van der Waals surface area contributed by atoms with Gasteiger partial charge in [0, 0.05) is 12.1 Å². The van der Waals surface area contributed by atoms with E-state index >= 15 is 0 Å². The standard InChI is InChI=1S/C22H33NO3/c1-3-5-16-26-20-14-12-18(17-21(20)25-4-2)13-15-22(24)23-19-10-8-6-7-9-11-19/h12-15,17,19H,3-11,16H2,1-2H3,(H,23,24)/b15-13+. The molecule has 0 aromatic heterocycles. The van der Waals surface area contributed by atoms with Gasteiger partial charge in [-0.15, -0.1) is 0 Å². The molecule has 0 atom stereocenters. The van der Waals surface area contributed by atoms with Crippen molar-refractivity contribution < 1.29 is 14.3 Å². The van der Waals surface area contributed by atoms with Crippen LogP contribution in [0, 0.1) is 0 Å². The van der Waals surface area contributed by atoms with Gasteiger partial charge in [-0.05, 0) is 50.0 Å². The summed E-state index contributed by atoms with van der Waals surface area (Å²) in [6, 6.07) is 6.13. The fourth-order valence-electron chi connectivity index (χ4n) is 3.19. The number of benzene rings is 1. The molecule has 26 heavy (non-hydrogen) atoms. The summed E-state index contributed by atoms with van der Waals surface area (Å²) in [6.45, 7) is 5.37. The van der Waals surface area contributed by atoms with Crippen LogP contribution < -0.4 is 14.8 Å². The van der Waals surface area contributed by atoms with Gasteiger partial charge < -0.3 is 14.8 Å². The molecule has 144 valence electrons. The Morgan fingerprint density at radius 3 is 2.58 bits per heavy atom. The van der Waals surface area contributed by atoms with Crippen LogP contribution in [-0.2, 0) is 4.79 Å². The van der Waals surface area contributed by atoms with E-state index in [1.807, 2.05) is 31.2 Å². The number of unbranched alkanes of at least 4 members (excludes halogenated alkanes) is 1. The fourth-order valence-corrected chi connectivity index (χ4v) is 3.19. The second-order valence-electron chi connectivity index (χ2n) is 6.87. The first-order valence-electron chi connectivity index (χ1n) is 10.1. The summed E-state index contributed by atoms with van der Waals surface area (Å²) in [4.78, 5) is 12.2. The Morgan fingerprint density at radius 1 is 1.12 bits per heavy atom. The first-order valence-corrected chi connectivity index (χ1v) is 10.1. The molecule has 1 amide bonds. The molecule has 0 aliphatic heterocycles. The average molecular weight is 360 g/mol. The quantitative estimate of drug-likeness (QED) is 0.378. The molecule has 0 saturated heterocycles. The van der Waals surface area contributed by atoms with E-state index in [1.54, 1.807) is 6.08 Å². The van der Waals surface area contributed by atoms with Crippen molar-refractivity contribution in [3.05, 3.63) is 29.8 Å². The molecule has 0 heterocycles. The molecule has 4 nitrogen and oxygen atoms in total. The molecule has 0 bridgehead atoms. The van der Waals surface area contributed by atoms with E-state index in [1.165, 1.54) is 25.7 Å². The molecule has 1 fully saturated rings. The molecule has 1 aliphatic carbocycles. The van der Waals surface area contributed by atoms with E-state index < -0.39 is 0 Å². The summed E-state index contributed by atoms with van der Waals surface area (Å²) in [5.74, 6) is 1.48. The number of nitrogens with one attached hydrogen (secondary N) is 1. The van der Waals surface area contributed by atoms with Gasteiger partial charge in [0.15, 0.2) is 11.5 Å². The minimum absolute atomic E-state index is 0.0156. The highest BCUT2D eigenvalue weighted by Gasteiger charge is 2.13. The van der Waals surface area contributed by atoms with Crippen LogP contribution in [0.4, 0.5) is 0 Å². The molecule has 1 N–H and O–H groups in total. The van der Waals surface area contributed by atoms with Gasteiger partial charge in [0.1, 0.15) is 0 Å². The van der Waals surface area contributed by atoms with E-state index in [9.17, 15) is 4.79 Å². The topological polar surface area (TPSA) is 47.6 Å². The molecule has 4 heteroatoms. The number of carbonyl (C=O) groups is 1. The molecular weight excluding hydrogens is 326 g/mol. The summed E-state index contributed by atoms with van der Waals surface area (Å²) in [7, 11) is 0. The minimum atomic E-state index is -0.0156. The van der Waals surface area contributed by atoms with Crippen LogP contribution in [0.1, 0.15) is 70.8 Å². The highest BCUT2D eigenvalue weighted by molar-refractivity contribution is 5.92. The van der Waals surface area contributed by atoms with Crippen LogP contribution in [0.2, 0.25) is 0 Å². The minimum Gasteiger partial charge on any atom is -0.490 e. The van der Waals surface area contributed by atoms with Gasteiger partial charge in [-0.1, -0.05) is 45.1 Å². The van der Waals surface area contributed by atoms with E-state index in [-0.39, 0.29) is 5.91 Å². The SMILES string of the molecule is CCCCOc1ccc(/C=C/C(=O)NC2CCCCCC2)cc1OCC. The lowest BCUT2D eigenvalue weighted by molar-refractivity contribution is -0.117. The van der Waals surface area contributed by atoms with Gasteiger partial charge in [0.2, 0.25) is 5.91 Å². The zero-order chi connectivity index (χ0) is 18.6. The highest BCUT2D eigenvalue weighted by atomic mass is 16.5. The van der Waals surface area contributed by atoms with Gasteiger partial charge >= 0.3 is 0 Å². The van der Waals surface area contributed by atoms with Gasteiger partial charge in [-0.3, -0.25) is 4.79 Å². The summed E-state index contributed by atoms with van der Waals surface area (Å²) < 4.78 is 11.5. The number of hydrogen-bond donors (Lipinski definition) is 1. The molecule has 1 aromatic rings. The normalized spacial score (nSPS) is 15.6. The largest absolute Gasteiger partial charge is 0.490 e. The van der Waals surface area contributed by atoms with E-state index in [4.69, 9.17) is 9.47 Å². The summed E-state index contributed by atoms with van der Waals surface area (Å²) in [5, 5.41) is 3.13. The Morgan fingerprint density at radius 2 is 1.88 bits per heavy atom. The third-order valence-corrected chi connectivity index (χ3v) is 4.65. The summed E-state index contributed by atoms with van der Waals surface area (Å²) in [6.07, 6.45) is 12.8. The van der Waals surface area contributed by atoms with Crippen LogP contribution in [0.3, 0.4) is 0 Å². The molecule has 0 radical (unpaired) electrons. The lowest BCUT2D eigenvalue weighted by atomic mass is 10.1. The van der Waals surface area contributed by atoms with E-state index in [0.29, 0.717) is 19.3 Å². The fraction of sp³-hybridized carbons (Fsp3) is 0.591. The van der Waals surface area contributed by atoms with Crippen molar-refractivity contribution in [3.63, 3.8) is 0 Å². The van der Waals surface area contributed by atoms with Gasteiger partial charge in [-0.2, -0.15) is 0 Å². The zero-order valence-corrected chi connectivity index (χ0v) is 16.3. The molecule has 0 unspecified atom stereocenters. The third kappa shape index (κ3) is 7.11. The van der Waals surface area contributed by atoms with E-state index in [0.717, 1.165) is 42.7 Å². The van der Waals surface area contributed by atoms with Gasteiger partial charge in [0.05, 0.1) is 13.2 Å². The monoisotopic (exact) mass is 359 g/mol. The number of amides is 1. The maximum Gasteiger partial charge on any atom is 0.244 e. The number of hydrogen-bond acceptors (Lipinski definition) is 3. The van der Waals surface area contributed by atoms with Crippen molar-refractivity contribution in [2.75, 3.05) is 13.2 Å². The number of rotatable bonds is 9. The Balaban J connectivity index is 1.95. The molecule has 0 spiro atoms. The molecule has 1 aromatic carbocycles. The Hall–Kier alpha value is -1.97. The predicted molar refractivity (Wildman–Crippen MR) is 107 cm³/mol. The maximum atomic E-state index is 12.2. The van der Waals surface area contributed by atoms with Crippen molar-refractivity contribution >= 4 is 12.0 Å². The summed E-state index contributed by atoms with van der Waals surface area (Å²) >= 11 is 0. The Labute approximate surface area is 158 Å². The first kappa shape index (κ1) is 20.3. The van der Waals surface area contributed by atoms with Crippen LogP contribution >= 0.6 is 0 Å².